The largest absolute Gasteiger partial charge is 0.395 e. The zero-order valence-electron chi connectivity index (χ0n) is 7.76. The molecule has 0 radical (unpaired) electrons. The number of halogens is 2. The third-order valence-corrected chi connectivity index (χ3v) is 1.52. The second kappa shape index (κ2) is 5.26. The van der Waals surface area contributed by atoms with E-state index in [1.807, 2.05) is 0 Å². The first-order chi connectivity index (χ1) is 7.11. The minimum absolute atomic E-state index is 0.0166. The number of hydrogen-bond acceptors (Lipinski definition) is 2. The van der Waals surface area contributed by atoms with E-state index in [1.54, 1.807) is 0 Å². The Labute approximate surface area is 84.9 Å². The van der Waals surface area contributed by atoms with Gasteiger partial charge >= 0.3 is 6.03 Å². The molecule has 0 fully saturated rings. The second-order valence-corrected chi connectivity index (χ2v) is 2.76. The predicted molar refractivity (Wildman–Crippen MR) is 50.5 cm³/mol. The lowest BCUT2D eigenvalue weighted by molar-refractivity contribution is 0.245. The Kier molecular flexibility index (Phi) is 3.99. The monoisotopic (exact) mass is 216 g/mol. The molecule has 2 amide bonds. The van der Waals surface area contributed by atoms with Gasteiger partial charge in [0.15, 0.2) is 0 Å². The fraction of sp³-hybridized carbons (Fsp3) is 0.222. The number of hydrogen-bond donors (Lipinski definition) is 3. The normalized spacial score (nSPS) is 9.80. The van der Waals surface area contributed by atoms with Gasteiger partial charge in [-0.1, -0.05) is 0 Å². The van der Waals surface area contributed by atoms with Gasteiger partial charge < -0.3 is 15.7 Å². The highest BCUT2D eigenvalue weighted by Gasteiger charge is 2.03. The molecular formula is C9H10F2N2O2. The van der Waals surface area contributed by atoms with E-state index in [0.29, 0.717) is 6.07 Å². The molecule has 82 valence electrons. The van der Waals surface area contributed by atoms with Gasteiger partial charge in [-0.3, -0.25) is 0 Å². The molecule has 0 aliphatic heterocycles. The van der Waals surface area contributed by atoms with Crippen molar-refractivity contribution in [1.29, 1.82) is 0 Å². The maximum atomic E-state index is 12.7. The van der Waals surface area contributed by atoms with Crippen molar-refractivity contribution in [1.82, 2.24) is 5.32 Å². The van der Waals surface area contributed by atoms with E-state index in [-0.39, 0.29) is 18.8 Å². The van der Waals surface area contributed by atoms with Crippen molar-refractivity contribution in [3.05, 3.63) is 29.8 Å². The van der Waals surface area contributed by atoms with E-state index in [1.165, 1.54) is 0 Å². The molecule has 3 N–H and O–H groups in total. The number of aliphatic hydroxyl groups excluding tert-OH is 1. The van der Waals surface area contributed by atoms with Gasteiger partial charge in [-0.15, -0.1) is 0 Å². The van der Waals surface area contributed by atoms with Gasteiger partial charge in [0.05, 0.1) is 6.61 Å². The number of amides is 2. The van der Waals surface area contributed by atoms with Crippen LogP contribution in [0.4, 0.5) is 19.3 Å². The molecule has 4 nitrogen and oxygen atoms in total. The summed E-state index contributed by atoms with van der Waals surface area (Å²) in [4.78, 5) is 11.0. The summed E-state index contributed by atoms with van der Waals surface area (Å²) in [7, 11) is 0. The van der Waals surface area contributed by atoms with E-state index in [4.69, 9.17) is 5.11 Å². The minimum atomic E-state index is -0.771. The number of carbonyl (C=O) groups excluding carboxylic acids is 1. The Morgan fingerprint density at radius 1 is 1.27 bits per heavy atom. The second-order valence-electron chi connectivity index (χ2n) is 2.76. The molecule has 0 aliphatic rings. The molecule has 0 heterocycles. The first-order valence-corrected chi connectivity index (χ1v) is 4.23. The molecule has 0 atom stereocenters. The first-order valence-electron chi connectivity index (χ1n) is 4.23. The van der Waals surface area contributed by atoms with Crippen LogP contribution in [-0.4, -0.2) is 24.3 Å². The number of anilines is 1. The molecule has 1 aromatic carbocycles. The molecule has 0 spiro atoms. The maximum Gasteiger partial charge on any atom is 0.319 e. The lowest BCUT2D eigenvalue weighted by Gasteiger charge is -2.06. The van der Waals surface area contributed by atoms with Crippen LogP contribution >= 0.6 is 0 Å². The number of benzene rings is 1. The van der Waals surface area contributed by atoms with Crippen molar-refractivity contribution in [2.75, 3.05) is 18.5 Å². The SMILES string of the molecule is O=C(NCCO)Nc1cc(F)cc(F)c1. The summed E-state index contributed by atoms with van der Waals surface area (Å²) < 4.78 is 25.4. The van der Waals surface area contributed by atoms with Crippen LogP contribution in [0.2, 0.25) is 0 Å². The lowest BCUT2D eigenvalue weighted by atomic mass is 10.3. The Hall–Kier alpha value is -1.69. The Morgan fingerprint density at radius 2 is 1.87 bits per heavy atom. The summed E-state index contributed by atoms with van der Waals surface area (Å²) in [5, 5.41) is 12.9. The molecule has 0 saturated heterocycles. The molecule has 0 unspecified atom stereocenters. The Morgan fingerprint density at radius 3 is 2.40 bits per heavy atom. The highest BCUT2D eigenvalue weighted by atomic mass is 19.1. The third-order valence-electron chi connectivity index (χ3n) is 1.52. The van der Waals surface area contributed by atoms with Crippen molar-refractivity contribution in [3.8, 4) is 0 Å². The molecule has 15 heavy (non-hydrogen) atoms. The van der Waals surface area contributed by atoms with Crippen LogP contribution in [0.1, 0.15) is 0 Å². The van der Waals surface area contributed by atoms with Gasteiger partial charge in [0.25, 0.3) is 0 Å². The van der Waals surface area contributed by atoms with Crippen LogP contribution < -0.4 is 10.6 Å². The Balaban J connectivity index is 2.60. The summed E-state index contributed by atoms with van der Waals surface area (Å²) in [6, 6.07) is 2.05. The van der Waals surface area contributed by atoms with Gasteiger partial charge in [0, 0.05) is 18.3 Å². The summed E-state index contributed by atoms with van der Waals surface area (Å²) in [5.74, 6) is -1.54. The third kappa shape index (κ3) is 3.90. The molecule has 6 heteroatoms. The van der Waals surface area contributed by atoms with E-state index >= 15 is 0 Å². The van der Waals surface area contributed by atoms with Crippen molar-refractivity contribution >= 4 is 11.7 Å². The summed E-state index contributed by atoms with van der Waals surface area (Å²) in [6.07, 6.45) is 0. The van der Waals surface area contributed by atoms with Crippen LogP contribution in [0.25, 0.3) is 0 Å². The van der Waals surface area contributed by atoms with Crippen LogP contribution in [0.5, 0.6) is 0 Å². The highest BCUT2D eigenvalue weighted by molar-refractivity contribution is 5.89. The van der Waals surface area contributed by atoms with E-state index < -0.39 is 17.7 Å². The smallest absolute Gasteiger partial charge is 0.319 e. The highest BCUT2D eigenvalue weighted by Crippen LogP contribution is 2.12. The fourth-order valence-electron chi connectivity index (χ4n) is 0.971. The van der Waals surface area contributed by atoms with E-state index in [0.717, 1.165) is 12.1 Å². The number of nitrogens with one attached hydrogen (secondary N) is 2. The van der Waals surface area contributed by atoms with Gasteiger partial charge in [-0.2, -0.15) is 0 Å². The average molecular weight is 216 g/mol. The number of carbonyl (C=O) groups is 1. The topological polar surface area (TPSA) is 61.4 Å². The van der Waals surface area contributed by atoms with Crippen LogP contribution in [0.15, 0.2) is 18.2 Å². The molecular weight excluding hydrogens is 206 g/mol. The van der Waals surface area contributed by atoms with Crippen LogP contribution in [0, 0.1) is 11.6 Å². The van der Waals surface area contributed by atoms with Gasteiger partial charge in [-0.05, 0) is 12.1 Å². The Bertz CT molecular complexity index is 338. The predicted octanol–water partition coefficient (Wildman–Crippen LogP) is 1.08. The number of aliphatic hydroxyl groups is 1. The molecule has 0 saturated carbocycles. The van der Waals surface area contributed by atoms with E-state index in [9.17, 15) is 13.6 Å². The molecule has 0 bridgehead atoms. The molecule has 1 aromatic rings. The molecule has 1 rings (SSSR count). The lowest BCUT2D eigenvalue weighted by Crippen LogP contribution is -2.31. The van der Waals surface area contributed by atoms with Crippen molar-refractivity contribution < 1.29 is 18.7 Å². The number of rotatable bonds is 3. The number of urea groups is 1. The van der Waals surface area contributed by atoms with Crippen molar-refractivity contribution in [2.24, 2.45) is 0 Å². The first kappa shape index (κ1) is 11.4. The standard InChI is InChI=1S/C9H10F2N2O2/c10-6-3-7(11)5-8(4-6)13-9(15)12-1-2-14/h3-5,14H,1-2H2,(H2,12,13,15). The minimum Gasteiger partial charge on any atom is -0.395 e. The van der Waals surface area contributed by atoms with Gasteiger partial charge in [0.2, 0.25) is 0 Å². The van der Waals surface area contributed by atoms with Crippen LogP contribution in [0.3, 0.4) is 0 Å². The van der Waals surface area contributed by atoms with Gasteiger partial charge in [-0.25, -0.2) is 13.6 Å². The zero-order chi connectivity index (χ0) is 11.3. The quantitative estimate of drug-likeness (QED) is 0.708. The van der Waals surface area contributed by atoms with Crippen molar-refractivity contribution in [3.63, 3.8) is 0 Å². The maximum absolute atomic E-state index is 12.7. The average Bonchev–Trinajstić information content (AvgIpc) is 2.13. The summed E-state index contributed by atoms with van der Waals surface area (Å²) in [5.41, 5.74) is 0.0166. The van der Waals surface area contributed by atoms with Gasteiger partial charge in [0.1, 0.15) is 11.6 Å². The summed E-state index contributed by atoms with van der Waals surface area (Å²) >= 11 is 0. The summed E-state index contributed by atoms with van der Waals surface area (Å²) in [6.45, 7) is -0.130. The molecule has 0 aliphatic carbocycles. The van der Waals surface area contributed by atoms with Crippen molar-refractivity contribution in [2.45, 2.75) is 0 Å². The zero-order valence-corrected chi connectivity index (χ0v) is 7.76. The van der Waals surface area contributed by atoms with Crippen LogP contribution in [-0.2, 0) is 0 Å². The molecule has 0 aromatic heterocycles. The fourth-order valence-corrected chi connectivity index (χ4v) is 0.971. The van der Waals surface area contributed by atoms with E-state index in [2.05, 4.69) is 10.6 Å².